The Morgan fingerprint density at radius 1 is 1.53 bits per heavy atom. The van der Waals surface area contributed by atoms with Crippen LogP contribution in [0, 0.1) is 5.41 Å². The summed E-state index contributed by atoms with van der Waals surface area (Å²) >= 11 is 0. The summed E-state index contributed by atoms with van der Waals surface area (Å²) in [4.78, 5) is 4.53. The van der Waals surface area contributed by atoms with E-state index in [1.165, 1.54) is 12.8 Å². The van der Waals surface area contributed by atoms with E-state index >= 15 is 0 Å². The van der Waals surface area contributed by atoms with Crippen LogP contribution in [-0.4, -0.2) is 23.4 Å². The molecule has 108 valence electrons. The van der Waals surface area contributed by atoms with Crippen molar-refractivity contribution in [1.29, 1.82) is 0 Å². The molecule has 1 heterocycles. The molecule has 0 aromatic carbocycles. The van der Waals surface area contributed by atoms with Gasteiger partial charge in [0, 0.05) is 12.5 Å². The number of nitrogens with two attached hydrogens (primary N) is 1. The zero-order valence-electron chi connectivity index (χ0n) is 12.4. The molecular formula is C14H25N3O2. The molecule has 0 radical (unpaired) electrons. The molecule has 2 rings (SSSR count). The van der Waals surface area contributed by atoms with Crippen LogP contribution in [0.1, 0.15) is 64.6 Å². The molecule has 1 aliphatic carbocycles. The average molecular weight is 267 g/mol. The Balaban J connectivity index is 2.15. The molecule has 19 heavy (non-hydrogen) atoms. The van der Waals surface area contributed by atoms with Crippen molar-refractivity contribution in [3.63, 3.8) is 0 Å². The van der Waals surface area contributed by atoms with E-state index in [1.54, 1.807) is 0 Å². The van der Waals surface area contributed by atoms with Crippen molar-refractivity contribution >= 4 is 0 Å². The van der Waals surface area contributed by atoms with Gasteiger partial charge >= 0.3 is 0 Å². The number of nitrogens with zero attached hydrogens (tertiary/aromatic N) is 2. The maximum atomic E-state index is 6.19. The minimum absolute atomic E-state index is 0.231. The maximum Gasteiger partial charge on any atom is 0.230 e. The van der Waals surface area contributed by atoms with Crippen molar-refractivity contribution in [2.45, 2.75) is 58.4 Å². The molecule has 1 fully saturated rings. The van der Waals surface area contributed by atoms with Crippen LogP contribution >= 0.6 is 0 Å². The van der Waals surface area contributed by atoms with Gasteiger partial charge in [-0.05, 0) is 32.1 Å². The van der Waals surface area contributed by atoms with Gasteiger partial charge in [-0.15, -0.1) is 0 Å². The molecule has 5 heteroatoms. The predicted octanol–water partition coefficient (Wildman–Crippen LogP) is 2.57. The van der Waals surface area contributed by atoms with Crippen molar-refractivity contribution in [1.82, 2.24) is 10.1 Å². The Bertz CT molecular complexity index is 426. The van der Waals surface area contributed by atoms with Crippen LogP contribution in [-0.2, 0) is 10.3 Å². The first-order valence-corrected chi connectivity index (χ1v) is 7.07. The van der Waals surface area contributed by atoms with Crippen LogP contribution in [0.2, 0.25) is 0 Å². The lowest BCUT2D eigenvalue weighted by molar-refractivity contribution is 0.0962. The largest absolute Gasteiger partial charge is 0.379 e. The topological polar surface area (TPSA) is 74.2 Å². The number of rotatable bonds is 5. The van der Waals surface area contributed by atoms with Crippen molar-refractivity contribution in [2.75, 3.05) is 13.2 Å². The summed E-state index contributed by atoms with van der Waals surface area (Å²) < 4.78 is 10.8. The minimum Gasteiger partial charge on any atom is -0.379 e. The average Bonchev–Trinajstić information content (AvgIpc) is 2.92. The molecule has 0 saturated heterocycles. The van der Waals surface area contributed by atoms with Gasteiger partial charge in [0.05, 0.1) is 6.61 Å². The van der Waals surface area contributed by atoms with Crippen molar-refractivity contribution in [2.24, 2.45) is 11.1 Å². The molecular weight excluding hydrogens is 242 g/mol. The second kappa shape index (κ2) is 5.21. The van der Waals surface area contributed by atoms with E-state index in [2.05, 4.69) is 24.0 Å². The van der Waals surface area contributed by atoms with Crippen LogP contribution in [0.4, 0.5) is 0 Å². The Morgan fingerprint density at radius 2 is 2.26 bits per heavy atom. The van der Waals surface area contributed by atoms with E-state index in [1.807, 2.05) is 13.8 Å². The summed E-state index contributed by atoms with van der Waals surface area (Å²) in [6, 6.07) is 0. The number of hydrogen-bond donors (Lipinski definition) is 1. The molecule has 2 unspecified atom stereocenters. The van der Waals surface area contributed by atoms with E-state index in [4.69, 9.17) is 15.0 Å². The lowest BCUT2D eigenvalue weighted by Crippen LogP contribution is -2.39. The molecule has 1 aromatic rings. The molecule has 0 amide bonds. The van der Waals surface area contributed by atoms with Gasteiger partial charge in [-0.25, -0.2) is 0 Å². The highest BCUT2D eigenvalue weighted by Crippen LogP contribution is 2.48. The van der Waals surface area contributed by atoms with Gasteiger partial charge in [0.25, 0.3) is 0 Å². The zero-order valence-corrected chi connectivity index (χ0v) is 12.4. The van der Waals surface area contributed by atoms with Crippen molar-refractivity contribution in [3.8, 4) is 0 Å². The van der Waals surface area contributed by atoms with Gasteiger partial charge in [0.2, 0.25) is 5.89 Å². The Kier molecular flexibility index (Phi) is 3.97. The quantitative estimate of drug-likeness (QED) is 0.887. The third-order valence-corrected chi connectivity index (χ3v) is 4.11. The van der Waals surface area contributed by atoms with E-state index in [9.17, 15) is 0 Å². The molecule has 0 bridgehead atoms. The van der Waals surface area contributed by atoms with E-state index < -0.39 is 5.54 Å². The standard InChI is InChI=1S/C14H25N3O2/c1-5-18-9-14(4,15)12-16-11(19-17-12)10-7-6-8-13(10,2)3/h10H,5-9,15H2,1-4H3. The van der Waals surface area contributed by atoms with Crippen molar-refractivity contribution in [3.05, 3.63) is 11.7 Å². The lowest BCUT2D eigenvalue weighted by Gasteiger charge is -2.23. The minimum atomic E-state index is -0.694. The molecule has 1 saturated carbocycles. The summed E-state index contributed by atoms with van der Waals surface area (Å²) in [5, 5.41) is 4.06. The SMILES string of the molecule is CCOCC(C)(N)c1noc(C2CCCC2(C)C)n1. The molecule has 1 aromatic heterocycles. The first kappa shape index (κ1) is 14.5. The molecule has 2 N–H and O–H groups in total. The Labute approximate surface area is 114 Å². The predicted molar refractivity (Wildman–Crippen MR) is 72.7 cm³/mol. The van der Waals surface area contributed by atoms with Gasteiger partial charge in [0.15, 0.2) is 5.82 Å². The van der Waals surface area contributed by atoms with Crippen LogP contribution in [0.25, 0.3) is 0 Å². The smallest absolute Gasteiger partial charge is 0.230 e. The van der Waals surface area contributed by atoms with E-state index in [-0.39, 0.29) is 5.41 Å². The first-order valence-electron chi connectivity index (χ1n) is 7.07. The van der Waals surface area contributed by atoms with Crippen molar-refractivity contribution < 1.29 is 9.26 Å². The summed E-state index contributed by atoms with van der Waals surface area (Å²) in [6.45, 7) is 9.37. The zero-order chi connectivity index (χ0) is 14.1. The Morgan fingerprint density at radius 3 is 2.84 bits per heavy atom. The van der Waals surface area contributed by atoms with Gasteiger partial charge < -0.3 is 15.0 Å². The summed E-state index contributed by atoms with van der Waals surface area (Å²) in [5.74, 6) is 1.61. The third kappa shape index (κ3) is 2.98. The lowest BCUT2D eigenvalue weighted by atomic mass is 9.82. The van der Waals surface area contributed by atoms with E-state index in [0.29, 0.717) is 25.0 Å². The fourth-order valence-corrected chi connectivity index (χ4v) is 2.77. The highest BCUT2D eigenvalue weighted by Gasteiger charge is 2.40. The van der Waals surface area contributed by atoms with Crippen LogP contribution in [0.15, 0.2) is 4.52 Å². The fourth-order valence-electron chi connectivity index (χ4n) is 2.77. The highest BCUT2D eigenvalue weighted by molar-refractivity contribution is 5.08. The second-order valence-electron chi connectivity index (χ2n) is 6.44. The normalized spacial score (nSPS) is 25.4. The van der Waals surface area contributed by atoms with Gasteiger partial charge in [-0.1, -0.05) is 25.4 Å². The summed E-state index contributed by atoms with van der Waals surface area (Å²) in [7, 11) is 0. The second-order valence-corrected chi connectivity index (χ2v) is 6.44. The highest BCUT2D eigenvalue weighted by atomic mass is 16.5. The number of aromatic nitrogens is 2. The number of hydrogen-bond acceptors (Lipinski definition) is 5. The fraction of sp³-hybridized carbons (Fsp3) is 0.857. The van der Waals surface area contributed by atoms with Crippen LogP contribution < -0.4 is 5.73 Å². The monoisotopic (exact) mass is 267 g/mol. The molecule has 2 atom stereocenters. The van der Waals surface area contributed by atoms with Crippen LogP contribution in [0.5, 0.6) is 0 Å². The van der Waals surface area contributed by atoms with E-state index in [0.717, 1.165) is 12.3 Å². The van der Waals surface area contributed by atoms with Gasteiger partial charge in [-0.2, -0.15) is 4.98 Å². The van der Waals surface area contributed by atoms with Gasteiger partial charge in [0.1, 0.15) is 5.54 Å². The third-order valence-electron chi connectivity index (χ3n) is 4.11. The maximum absolute atomic E-state index is 6.19. The number of ether oxygens (including phenoxy) is 1. The molecule has 0 spiro atoms. The first-order chi connectivity index (χ1) is 8.87. The summed E-state index contributed by atoms with van der Waals surface area (Å²) in [5.41, 5.74) is 5.73. The summed E-state index contributed by atoms with van der Waals surface area (Å²) in [6.07, 6.45) is 3.53. The van der Waals surface area contributed by atoms with Crippen LogP contribution in [0.3, 0.4) is 0 Å². The van der Waals surface area contributed by atoms with Gasteiger partial charge in [-0.3, -0.25) is 0 Å². The molecule has 5 nitrogen and oxygen atoms in total. The Hall–Kier alpha value is -0.940. The molecule has 1 aliphatic rings. The molecule has 0 aliphatic heterocycles.